The van der Waals surface area contributed by atoms with E-state index in [1.807, 2.05) is 13.8 Å². The van der Waals surface area contributed by atoms with Gasteiger partial charge in [0, 0.05) is 6.04 Å². The van der Waals surface area contributed by atoms with Crippen LogP contribution in [0, 0.1) is 5.92 Å². The van der Waals surface area contributed by atoms with Crippen LogP contribution in [0.2, 0.25) is 0 Å². The molecule has 0 spiro atoms. The lowest BCUT2D eigenvalue weighted by Crippen LogP contribution is -2.44. The topological polar surface area (TPSA) is 49.3 Å². The van der Waals surface area contributed by atoms with Crippen molar-refractivity contribution in [2.45, 2.75) is 32.7 Å². The average Bonchev–Trinajstić information content (AvgIpc) is 1.99. The highest BCUT2D eigenvalue weighted by Gasteiger charge is 2.38. The Labute approximate surface area is 76.1 Å². The Hall–Kier alpha value is -0.710. The van der Waals surface area contributed by atoms with Gasteiger partial charge in [-0.15, -0.1) is 0 Å². The SMILES string of the molecule is CC(C)C(C)NCC(F)(F)C(=O)O. The van der Waals surface area contributed by atoms with E-state index in [2.05, 4.69) is 5.32 Å². The number of carbonyl (C=O) groups is 1. The Morgan fingerprint density at radius 1 is 1.46 bits per heavy atom. The maximum absolute atomic E-state index is 12.5. The number of carboxylic acid groups (broad SMARTS) is 1. The summed E-state index contributed by atoms with van der Waals surface area (Å²) in [5.74, 6) is -5.57. The fourth-order valence-corrected chi connectivity index (χ4v) is 0.600. The van der Waals surface area contributed by atoms with Gasteiger partial charge in [0.05, 0.1) is 6.54 Å². The second-order valence-electron chi connectivity index (χ2n) is 3.42. The summed E-state index contributed by atoms with van der Waals surface area (Å²) in [5.41, 5.74) is 0. The highest BCUT2D eigenvalue weighted by molar-refractivity contribution is 5.75. The van der Waals surface area contributed by atoms with Gasteiger partial charge in [-0.25, -0.2) is 4.79 Å². The first-order chi connectivity index (χ1) is 5.77. The molecule has 1 unspecified atom stereocenters. The van der Waals surface area contributed by atoms with Crippen LogP contribution in [0.1, 0.15) is 20.8 Å². The summed E-state index contributed by atoms with van der Waals surface area (Å²) in [4.78, 5) is 10.0. The Kier molecular flexibility index (Phi) is 4.26. The van der Waals surface area contributed by atoms with Crippen LogP contribution in [0.5, 0.6) is 0 Å². The number of carboxylic acids is 1. The van der Waals surface area contributed by atoms with Crippen molar-refractivity contribution in [1.82, 2.24) is 5.32 Å². The van der Waals surface area contributed by atoms with Crippen LogP contribution < -0.4 is 5.32 Å². The lowest BCUT2D eigenvalue weighted by Gasteiger charge is -2.20. The van der Waals surface area contributed by atoms with E-state index in [4.69, 9.17) is 5.11 Å². The number of rotatable bonds is 5. The molecular formula is C8H15F2NO2. The van der Waals surface area contributed by atoms with Gasteiger partial charge in [-0.3, -0.25) is 0 Å². The van der Waals surface area contributed by atoms with Gasteiger partial charge in [0.15, 0.2) is 0 Å². The molecule has 3 nitrogen and oxygen atoms in total. The third kappa shape index (κ3) is 4.17. The minimum atomic E-state index is -3.68. The normalized spacial score (nSPS) is 14.6. The van der Waals surface area contributed by atoms with Crippen LogP contribution in [0.25, 0.3) is 0 Å². The molecule has 0 aromatic carbocycles. The van der Waals surface area contributed by atoms with Gasteiger partial charge in [-0.2, -0.15) is 8.78 Å². The lowest BCUT2D eigenvalue weighted by molar-refractivity contribution is -0.164. The van der Waals surface area contributed by atoms with E-state index in [0.29, 0.717) is 0 Å². The predicted octanol–water partition coefficient (Wildman–Crippen LogP) is 1.34. The molecule has 0 heterocycles. The number of hydrogen-bond acceptors (Lipinski definition) is 2. The molecule has 0 aromatic rings. The fourth-order valence-electron chi connectivity index (χ4n) is 0.600. The molecule has 0 saturated carbocycles. The molecule has 0 radical (unpaired) electrons. The van der Waals surface area contributed by atoms with E-state index < -0.39 is 18.4 Å². The van der Waals surface area contributed by atoms with Crippen LogP contribution in [-0.4, -0.2) is 29.6 Å². The summed E-state index contributed by atoms with van der Waals surface area (Å²) in [5, 5.41) is 10.6. The smallest absolute Gasteiger partial charge is 0.375 e. The van der Waals surface area contributed by atoms with Crippen molar-refractivity contribution in [3.8, 4) is 0 Å². The summed E-state index contributed by atoms with van der Waals surface area (Å²) in [6.07, 6.45) is 0. The number of hydrogen-bond donors (Lipinski definition) is 2. The van der Waals surface area contributed by atoms with Gasteiger partial charge < -0.3 is 10.4 Å². The molecule has 0 fully saturated rings. The van der Waals surface area contributed by atoms with Crippen LogP contribution in [0.3, 0.4) is 0 Å². The molecule has 0 aliphatic heterocycles. The third-order valence-electron chi connectivity index (χ3n) is 1.96. The minimum Gasteiger partial charge on any atom is -0.477 e. The Balaban J connectivity index is 3.95. The largest absolute Gasteiger partial charge is 0.477 e. The highest BCUT2D eigenvalue weighted by Crippen LogP contribution is 2.12. The maximum Gasteiger partial charge on any atom is 0.375 e. The van der Waals surface area contributed by atoms with Gasteiger partial charge in [-0.05, 0) is 12.8 Å². The number of aliphatic carboxylic acids is 1. The van der Waals surface area contributed by atoms with E-state index in [-0.39, 0.29) is 12.0 Å². The zero-order valence-electron chi connectivity index (χ0n) is 7.97. The molecule has 78 valence electrons. The van der Waals surface area contributed by atoms with Gasteiger partial charge in [0.2, 0.25) is 0 Å². The molecule has 0 saturated heterocycles. The first-order valence-corrected chi connectivity index (χ1v) is 4.12. The van der Waals surface area contributed by atoms with Crippen molar-refractivity contribution in [3.05, 3.63) is 0 Å². The molecule has 0 aromatic heterocycles. The van der Waals surface area contributed by atoms with Crippen LogP contribution in [0.15, 0.2) is 0 Å². The van der Waals surface area contributed by atoms with E-state index in [0.717, 1.165) is 0 Å². The van der Waals surface area contributed by atoms with Crippen LogP contribution >= 0.6 is 0 Å². The fraction of sp³-hybridized carbons (Fsp3) is 0.875. The molecule has 5 heteroatoms. The zero-order chi connectivity index (χ0) is 10.6. The van der Waals surface area contributed by atoms with Gasteiger partial charge >= 0.3 is 11.9 Å². The molecule has 0 amide bonds. The first kappa shape index (κ1) is 12.3. The lowest BCUT2D eigenvalue weighted by atomic mass is 10.1. The molecule has 2 N–H and O–H groups in total. The summed E-state index contributed by atoms with van der Waals surface area (Å²) >= 11 is 0. The van der Waals surface area contributed by atoms with Gasteiger partial charge in [0.1, 0.15) is 0 Å². The van der Waals surface area contributed by atoms with Gasteiger partial charge in [-0.1, -0.05) is 13.8 Å². The van der Waals surface area contributed by atoms with Crippen LogP contribution in [0.4, 0.5) is 8.78 Å². The first-order valence-electron chi connectivity index (χ1n) is 4.12. The van der Waals surface area contributed by atoms with Crippen molar-refractivity contribution >= 4 is 5.97 Å². The van der Waals surface area contributed by atoms with Crippen LogP contribution in [-0.2, 0) is 4.79 Å². The Morgan fingerprint density at radius 2 is 1.92 bits per heavy atom. The molecular weight excluding hydrogens is 180 g/mol. The van der Waals surface area contributed by atoms with E-state index in [9.17, 15) is 13.6 Å². The number of halogens is 2. The second-order valence-corrected chi connectivity index (χ2v) is 3.42. The maximum atomic E-state index is 12.5. The van der Waals surface area contributed by atoms with Crippen molar-refractivity contribution in [3.63, 3.8) is 0 Å². The quantitative estimate of drug-likeness (QED) is 0.696. The molecule has 0 bridgehead atoms. The average molecular weight is 195 g/mol. The molecule has 13 heavy (non-hydrogen) atoms. The number of alkyl halides is 2. The van der Waals surface area contributed by atoms with Crippen molar-refractivity contribution in [2.75, 3.05) is 6.54 Å². The molecule has 0 aliphatic carbocycles. The Bertz CT molecular complexity index is 183. The van der Waals surface area contributed by atoms with Crippen molar-refractivity contribution < 1.29 is 18.7 Å². The summed E-state index contributed by atoms with van der Waals surface area (Å²) in [6.45, 7) is 4.66. The van der Waals surface area contributed by atoms with Crippen molar-refractivity contribution in [2.24, 2.45) is 5.92 Å². The predicted molar refractivity (Wildman–Crippen MR) is 44.9 cm³/mol. The number of nitrogens with one attached hydrogen (secondary N) is 1. The summed E-state index contributed by atoms with van der Waals surface area (Å²) in [6, 6.07) is -0.120. The van der Waals surface area contributed by atoms with Gasteiger partial charge in [0.25, 0.3) is 0 Å². The minimum absolute atomic E-state index is 0.120. The monoisotopic (exact) mass is 195 g/mol. The Morgan fingerprint density at radius 3 is 2.23 bits per heavy atom. The summed E-state index contributed by atoms with van der Waals surface area (Å²) in [7, 11) is 0. The standard InChI is InChI=1S/C8H15F2NO2/c1-5(2)6(3)11-4-8(9,10)7(12)13/h5-6,11H,4H2,1-3H3,(H,12,13). The molecule has 1 atom stereocenters. The third-order valence-corrected chi connectivity index (χ3v) is 1.96. The molecule has 0 aliphatic rings. The van der Waals surface area contributed by atoms with Crippen molar-refractivity contribution in [1.29, 1.82) is 0 Å². The van der Waals surface area contributed by atoms with E-state index >= 15 is 0 Å². The van der Waals surface area contributed by atoms with E-state index in [1.54, 1.807) is 6.92 Å². The highest BCUT2D eigenvalue weighted by atomic mass is 19.3. The second kappa shape index (κ2) is 4.50. The zero-order valence-corrected chi connectivity index (χ0v) is 7.97. The van der Waals surface area contributed by atoms with E-state index in [1.165, 1.54) is 0 Å². The molecule has 0 rings (SSSR count). The summed E-state index contributed by atoms with van der Waals surface area (Å²) < 4.78 is 25.0.